The van der Waals surface area contributed by atoms with E-state index < -0.39 is 0 Å². The largest absolute Gasteiger partial charge is 0.309 e. The van der Waals surface area contributed by atoms with Crippen molar-refractivity contribution in [2.24, 2.45) is 0 Å². The first-order chi connectivity index (χ1) is 24.7. The minimum absolute atomic E-state index is 0.275. The summed E-state index contributed by atoms with van der Waals surface area (Å²) in [5.74, 6) is 0. The second kappa shape index (κ2) is 12.3. The van der Waals surface area contributed by atoms with Crippen molar-refractivity contribution in [3.63, 3.8) is 0 Å². The van der Waals surface area contributed by atoms with Gasteiger partial charge in [-0.05, 0) is 103 Å². The van der Waals surface area contributed by atoms with Gasteiger partial charge in [0, 0.05) is 22.1 Å². The number of aromatic nitrogens is 2. The Morgan fingerprint density at radius 1 is 0.569 bits per heavy atom. The first kappa shape index (κ1) is 32.0. The standard InChI is InChI=1S/C47H40N4/c1-30-32(3)45(50-40-25-17-16-24-38(40)47(5,6)39-28-34(29-48)26-27-41(39)50)33(4)31(2)42(30)43-44(35-18-10-7-11-19-35)49-51(37-22-14-9-15-23-37)46(43)36-20-12-8-13-21-36/h7-28H,1-6H3. The molecular formula is C47H40N4. The van der Waals surface area contributed by atoms with E-state index in [4.69, 9.17) is 5.10 Å². The van der Waals surface area contributed by atoms with Gasteiger partial charge in [-0.15, -0.1) is 0 Å². The van der Waals surface area contributed by atoms with Gasteiger partial charge in [0.1, 0.15) is 5.69 Å². The maximum Gasteiger partial charge on any atom is 0.101 e. The lowest BCUT2D eigenvalue weighted by atomic mass is 9.72. The lowest BCUT2D eigenvalue weighted by Crippen LogP contribution is -2.31. The number of hydrogen-bond donors (Lipinski definition) is 0. The van der Waals surface area contributed by atoms with Crippen LogP contribution in [-0.2, 0) is 5.41 Å². The van der Waals surface area contributed by atoms with Crippen molar-refractivity contribution in [3.8, 4) is 45.4 Å². The first-order valence-electron chi connectivity index (χ1n) is 17.6. The lowest BCUT2D eigenvalue weighted by Gasteiger charge is -2.43. The zero-order valence-corrected chi connectivity index (χ0v) is 30.0. The van der Waals surface area contributed by atoms with Gasteiger partial charge in [0.25, 0.3) is 0 Å². The van der Waals surface area contributed by atoms with E-state index >= 15 is 0 Å². The molecule has 1 aliphatic rings. The number of para-hydroxylation sites is 2. The van der Waals surface area contributed by atoms with Gasteiger partial charge in [0.2, 0.25) is 0 Å². The fourth-order valence-corrected chi connectivity index (χ4v) is 8.09. The van der Waals surface area contributed by atoms with E-state index in [-0.39, 0.29) is 5.41 Å². The number of nitrogens with zero attached hydrogens (tertiary/aromatic N) is 4. The Bertz CT molecular complexity index is 2450. The van der Waals surface area contributed by atoms with Crippen LogP contribution in [0.4, 0.5) is 17.1 Å². The molecule has 4 heteroatoms. The molecule has 0 spiro atoms. The molecule has 7 aromatic rings. The van der Waals surface area contributed by atoms with E-state index in [0.717, 1.165) is 45.0 Å². The van der Waals surface area contributed by atoms with Crippen LogP contribution < -0.4 is 4.90 Å². The minimum atomic E-state index is -0.275. The Hall–Kier alpha value is -6.18. The predicted octanol–water partition coefficient (Wildman–Crippen LogP) is 12.1. The average molecular weight is 661 g/mol. The van der Waals surface area contributed by atoms with Gasteiger partial charge in [-0.1, -0.05) is 111 Å². The average Bonchev–Trinajstić information content (AvgIpc) is 3.56. The molecule has 0 N–H and O–H groups in total. The number of nitriles is 1. The Morgan fingerprint density at radius 2 is 1.12 bits per heavy atom. The normalized spacial score (nSPS) is 13.0. The summed E-state index contributed by atoms with van der Waals surface area (Å²) in [6.45, 7) is 13.6. The van der Waals surface area contributed by atoms with Crippen LogP contribution in [0.3, 0.4) is 0 Å². The highest BCUT2D eigenvalue weighted by Crippen LogP contribution is 2.55. The van der Waals surface area contributed by atoms with Crippen molar-refractivity contribution >= 4 is 17.1 Å². The summed E-state index contributed by atoms with van der Waals surface area (Å²) in [5, 5.41) is 15.3. The Morgan fingerprint density at radius 3 is 1.75 bits per heavy atom. The number of fused-ring (bicyclic) bond motifs is 2. The lowest BCUT2D eigenvalue weighted by molar-refractivity contribution is 0.631. The van der Waals surface area contributed by atoms with Gasteiger partial charge in [-0.2, -0.15) is 10.4 Å². The van der Waals surface area contributed by atoms with Crippen molar-refractivity contribution in [2.75, 3.05) is 4.90 Å². The molecule has 1 aliphatic heterocycles. The van der Waals surface area contributed by atoms with Crippen LogP contribution in [0.25, 0.3) is 39.3 Å². The molecule has 0 aliphatic carbocycles. The van der Waals surface area contributed by atoms with E-state index in [1.54, 1.807) is 0 Å². The van der Waals surface area contributed by atoms with Crippen LogP contribution in [0, 0.1) is 39.0 Å². The Balaban J connectivity index is 1.46. The van der Waals surface area contributed by atoms with E-state index in [1.165, 1.54) is 44.8 Å². The van der Waals surface area contributed by atoms with E-state index in [0.29, 0.717) is 5.56 Å². The smallest absolute Gasteiger partial charge is 0.101 e. The third kappa shape index (κ3) is 5.00. The van der Waals surface area contributed by atoms with E-state index in [9.17, 15) is 5.26 Å². The van der Waals surface area contributed by atoms with Crippen LogP contribution in [0.5, 0.6) is 0 Å². The molecule has 0 fully saturated rings. The summed E-state index contributed by atoms with van der Waals surface area (Å²) >= 11 is 0. The fraction of sp³-hybridized carbons (Fsp3) is 0.149. The summed E-state index contributed by atoms with van der Waals surface area (Å²) in [5.41, 5.74) is 18.7. The quantitative estimate of drug-likeness (QED) is 0.185. The maximum absolute atomic E-state index is 9.90. The molecule has 0 saturated carbocycles. The van der Waals surface area contributed by atoms with Gasteiger partial charge < -0.3 is 4.90 Å². The number of rotatable bonds is 5. The van der Waals surface area contributed by atoms with Crippen LogP contribution in [-0.4, -0.2) is 9.78 Å². The molecule has 0 amide bonds. The summed E-state index contributed by atoms with van der Waals surface area (Å²) in [6.07, 6.45) is 0. The zero-order chi connectivity index (χ0) is 35.4. The Kier molecular flexibility index (Phi) is 7.73. The van der Waals surface area contributed by atoms with E-state index in [2.05, 4.69) is 179 Å². The SMILES string of the molecule is Cc1c(C)c(N2c3ccccc3C(C)(C)c3cc(C#N)ccc32)c(C)c(C)c1-c1c(-c2ccccc2)nn(-c2ccccc2)c1-c1ccccc1. The maximum atomic E-state index is 9.90. The van der Waals surface area contributed by atoms with Crippen molar-refractivity contribution in [2.45, 2.75) is 47.0 Å². The molecule has 4 nitrogen and oxygen atoms in total. The topological polar surface area (TPSA) is 44.9 Å². The van der Waals surface area contributed by atoms with Crippen LogP contribution in [0.2, 0.25) is 0 Å². The number of hydrogen-bond acceptors (Lipinski definition) is 3. The summed E-state index contributed by atoms with van der Waals surface area (Å²) < 4.78 is 2.12. The second-order valence-electron chi connectivity index (χ2n) is 14.1. The summed E-state index contributed by atoms with van der Waals surface area (Å²) in [7, 11) is 0. The number of benzene rings is 6. The van der Waals surface area contributed by atoms with Crippen LogP contribution in [0.1, 0.15) is 52.8 Å². The van der Waals surface area contributed by atoms with Crippen LogP contribution >= 0.6 is 0 Å². The molecule has 0 unspecified atom stereocenters. The van der Waals surface area contributed by atoms with Crippen molar-refractivity contribution in [1.82, 2.24) is 9.78 Å². The second-order valence-corrected chi connectivity index (χ2v) is 14.1. The molecule has 0 saturated heterocycles. The molecule has 8 rings (SSSR count). The Labute approximate surface area is 300 Å². The third-order valence-electron chi connectivity index (χ3n) is 10.9. The van der Waals surface area contributed by atoms with Gasteiger partial charge >= 0.3 is 0 Å². The molecule has 51 heavy (non-hydrogen) atoms. The molecule has 6 aromatic carbocycles. The monoisotopic (exact) mass is 660 g/mol. The van der Waals surface area contributed by atoms with Crippen molar-refractivity contribution in [1.29, 1.82) is 5.26 Å². The third-order valence-corrected chi connectivity index (χ3v) is 10.9. The molecule has 0 atom stereocenters. The van der Waals surface area contributed by atoms with Gasteiger partial charge in [0.05, 0.1) is 40.1 Å². The highest BCUT2D eigenvalue weighted by atomic mass is 15.3. The zero-order valence-electron chi connectivity index (χ0n) is 30.0. The fourth-order valence-electron chi connectivity index (χ4n) is 8.09. The summed E-state index contributed by atoms with van der Waals surface area (Å²) in [6, 6.07) is 48.9. The van der Waals surface area contributed by atoms with Crippen molar-refractivity contribution in [3.05, 3.63) is 172 Å². The van der Waals surface area contributed by atoms with Gasteiger partial charge in [0.15, 0.2) is 0 Å². The highest BCUT2D eigenvalue weighted by Gasteiger charge is 2.38. The first-order valence-corrected chi connectivity index (χ1v) is 17.6. The summed E-state index contributed by atoms with van der Waals surface area (Å²) in [4.78, 5) is 2.44. The number of anilines is 3. The molecule has 248 valence electrons. The van der Waals surface area contributed by atoms with Crippen LogP contribution in [0.15, 0.2) is 133 Å². The molecule has 0 bridgehead atoms. The molecule has 0 radical (unpaired) electrons. The molecule has 1 aromatic heterocycles. The molecular weight excluding hydrogens is 621 g/mol. The van der Waals surface area contributed by atoms with Gasteiger partial charge in [-0.3, -0.25) is 0 Å². The van der Waals surface area contributed by atoms with Crippen molar-refractivity contribution < 1.29 is 0 Å². The molecule has 2 heterocycles. The minimum Gasteiger partial charge on any atom is -0.309 e. The predicted molar refractivity (Wildman–Crippen MR) is 210 cm³/mol. The van der Waals surface area contributed by atoms with Gasteiger partial charge in [-0.25, -0.2) is 4.68 Å². The highest BCUT2D eigenvalue weighted by molar-refractivity contribution is 5.98. The van der Waals surface area contributed by atoms with E-state index in [1.807, 2.05) is 12.1 Å².